The fourth-order valence-electron chi connectivity index (χ4n) is 12.4. The van der Waals surface area contributed by atoms with Crippen molar-refractivity contribution in [2.45, 2.75) is 125 Å². The minimum absolute atomic E-state index is 0.0170. The molecule has 11 nitrogen and oxygen atoms in total. The highest BCUT2D eigenvalue weighted by atomic mass is 16.9. The zero-order valence-electron chi connectivity index (χ0n) is 31.9. The first-order valence-corrected chi connectivity index (χ1v) is 20.3. The van der Waals surface area contributed by atoms with Crippen LogP contribution in [0, 0.1) is 35.5 Å². The Labute approximate surface area is 322 Å². The number of fused-ring (bicyclic) bond motifs is 1. The fourth-order valence-corrected chi connectivity index (χ4v) is 12.4. The molecular formula is C44H54O11. The van der Waals surface area contributed by atoms with Gasteiger partial charge in [0.25, 0.3) is 5.97 Å². The van der Waals surface area contributed by atoms with Gasteiger partial charge in [0.2, 0.25) is 0 Å². The van der Waals surface area contributed by atoms with Crippen LogP contribution in [0.3, 0.4) is 0 Å². The quantitative estimate of drug-likeness (QED) is 0.190. The van der Waals surface area contributed by atoms with Crippen molar-refractivity contribution in [3.63, 3.8) is 0 Å². The number of benzene rings is 2. The summed E-state index contributed by atoms with van der Waals surface area (Å²) in [5, 5.41) is 37.9. The first-order valence-electron chi connectivity index (χ1n) is 20.3. The van der Waals surface area contributed by atoms with Crippen molar-refractivity contribution < 1.29 is 53.3 Å². The molecule has 55 heavy (non-hydrogen) atoms. The predicted molar refractivity (Wildman–Crippen MR) is 197 cm³/mol. The van der Waals surface area contributed by atoms with Crippen LogP contribution in [0.25, 0.3) is 0 Å². The largest absolute Gasteiger partial charge is 0.462 e. The van der Waals surface area contributed by atoms with E-state index in [-0.39, 0.29) is 18.4 Å². The number of rotatable bonds is 7. The SMILES string of the molecule is C=C(C)[C@]12C[C@@H](COC(=O)c3ccccc3)[C@@]34O[C@@]5(CCCCCCC[C@@H](C)[C@H]6[C@H](C)[C@H](OC(=O)c7ccccc7)[C@@](O)([C@H](O)[C@@]7(CO)O[C@H]7[C@H]3[C@H]1O5)[C@@H]64)O2. The Hall–Kier alpha value is -3.16. The Morgan fingerprint density at radius 3 is 2.22 bits per heavy atom. The molecule has 296 valence electrons. The normalized spacial score (nSPS) is 46.6. The van der Waals surface area contributed by atoms with E-state index in [9.17, 15) is 24.9 Å². The number of hydrogen-bond acceptors (Lipinski definition) is 11. The molecule has 4 heterocycles. The van der Waals surface area contributed by atoms with Crippen LogP contribution in [0.4, 0.5) is 0 Å². The van der Waals surface area contributed by atoms with Gasteiger partial charge in [0.1, 0.15) is 41.2 Å². The fraction of sp³-hybridized carbons (Fsp3) is 0.636. The second-order valence-electron chi connectivity index (χ2n) is 17.7. The average Bonchev–Trinajstić information content (AvgIpc) is 3.83. The van der Waals surface area contributed by atoms with E-state index in [2.05, 4.69) is 13.5 Å². The van der Waals surface area contributed by atoms with Crippen molar-refractivity contribution in [3.05, 3.63) is 83.9 Å². The third kappa shape index (κ3) is 5.19. The summed E-state index contributed by atoms with van der Waals surface area (Å²) in [7, 11) is 0. The second kappa shape index (κ2) is 13.2. The van der Waals surface area contributed by atoms with Crippen LogP contribution < -0.4 is 0 Å². The molecule has 9 rings (SSSR count). The lowest BCUT2D eigenvalue weighted by Gasteiger charge is -2.62. The third-order valence-electron chi connectivity index (χ3n) is 14.8. The number of carbonyl (C=O) groups is 2. The van der Waals surface area contributed by atoms with Crippen molar-refractivity contribution in [1.29, 1.82) is 0 Å². The number of hydrogen-bond donors (Lipinski definition) is 3. The maximum Gasteiger partial charge on any atom is 0.338 e. The molecule has 15 atom stereocenters. The zero-order chi connectivity index (χ0) is 38.5. The summed E-state index contributed by atoms with van der Waals surface area (Å²) in [5.41, 5.74) is -4.87. The molecule has 7 fully saturated rings. The van der Waals surface area contributed by atoms with Gasteiger partial charge in [0.15, 0.2) is 0 Å². The molecule has 3 N–H and O–H groups in total. The standard InChI is InChI=1S/C44H54O11/c1-25(2)40-22-30(23-50-37(46)28-17-11-8-12-18-28)44-32-35(40)53-42(54-40,55-44)21-15-7-5-6-10-16-26(3)31-27(4)34(51-38(47)29-19-13-9-14-20-29)43(49,33(31)44)39(48)41(24-45)36(32)52-41/h8-9,11-14,17-20,26-27,30-36,39,45,48-49H,1,5-7,10,15-16,21-24H2,2-4H3/t26-,27+,30+,31+,32-,33-,34+,35-,36+,39-,40-,41+,42-,43-,44-/m1/s1. The number of ether oxygens (including phenoxy) is 6. The van der Waals surface area contributed by atoms with Gasteiger partial charge in [-0.2, -0.15) is 0 Å². The highest BCUT2D eigenvalue weighted by molar-refractivity contribution is 5.90. The molecule has 0 unspecified atom stereocenters. The Bertz CT molecular complexity index is 1820. The molecule has 11 heteroatoms. The van der Waals surface area contributed by atoms with Crippen molar-refractivity contribution in [2.24, 2.45) is 35.5 Å². The number of carbonyl (C=O) groups excluding carboxylic acids is 2. The van der Waals surface area contributed by atoms with Gasteiger partial charge in [-0.25, -0.2) is 9.59 Å². The summed E-state index contributed by atoms with van der Waals surface area (Å²) in [6.07, 6.45) is 1.85. The zero-order valence-corrected chi connectivity index (χ0v) is 31.9. The van der Waals surface area contributed by atoms with E-state index < -0.39 is 95.0 Å². The molecule has 3 bridgehead atoms. The van der Waals surface area contributed by atoms with Crippen LogP contribution in [-0.4, -0.2) is 93.3 Å². The maximum atomic E-state index is 14.0. The molecule has 2 aromatic rings. The molecule has 2 spiro atoms. The first kappa shape index (κ1) is 37.4. The van der Waals surface area contributed by atoms with Gasteiger partial charge >= 0.3 is 11.9 Å². The van der Waals surface area contributed by atoms with Gasteiger partial charge in [0.05, 0.1) is 29.9 Å². The molecule has 0 radical (unpaired) electrons. The topological polar surface area (TPSA) is 154 Å². The van der Waals surface area contributed by atoms with Crippen molar-refractivity contribution >= 4 is 11.9 Å². The third-order valence-corrected chi connectivity index (χ3v) is 14.8. The number of esters is 2. The number of aliphatic hydroxyl groups is 3. The number of epoxide rings is 1. The molecule has 0 amide bonds. The maximum absolute atomic E-state index is 14.0. The van der Waals surface area contributed by atoms with Crippen LogP contribution in [0.1, 0.15) is 92.9 Å². The van der Waals surface area contributed by atoms with E-state index in [1.807, 2.05) is 26.0 Å². The van der Waals surface area contributed by atoms with Crippen molar-refractivity contribution in [3.8, 4) is 0 Å². The Morgan fingerprint density at radius 1 is 0.891 bits per heavy atom. The lowest BCUT2D eigenvalue weighted by Crippen LogP contribution is -2.74. The van der Waals surface area contributed by atoms with Crippen LogP contribution in [0.2, 0.25) is 0 Å². The van der Waals surface area contributed by atoms with E-state index in [1.165, 1.54) is 0 Å². The summed E-state index contributed by atoms with van der Waals surface area (Å²) in [4.78, 5) is 27.7. The highest BCUT2D eigenvalue weighted by Crippen LogP contribution is 2.75. The van der Waals surface area contributed by atoms with Crippen LogP contribution in [0.5, 0.6) is 0 Å². The molecule has 2 aromatic carbocycles. The lowest BCUT2D eigenvalue weighted by atomic mass is 9.51. The summed E-state index contributed by atoms with van der Waals surface area (Å²) in [6, 6.07) is 17.4. The van der Waals surface area contributed by atoms with Gasteiger partial charge in [-0.1, -0.05) is 88.9 Å². The lowest BCUT2D eigenvalue weighted by molar-refractivity contribution is -0.439. The van der Waals surface area contributed by atoms with Gasteiger partial charge in [0, 0.05) is 24.2 Å². The van der Waals surface area contributed by atoms with Crippen molar-refractivity contribution in [2.75, 3.05) is 13.2 Å². The monoisotopic (exact) mass is 758 g/mol. The van der Waals surface area contributed by atoms with Gasteiger partial charge in [-0.3, -0.25) is 0 Å². The van der Waals surface area contributed by atoms with E-state index >= 15 is 0 Å². The molecule has 4 saturated heterocycles. The molecule has 7 aliphatic rings. The highest BCUT2D eigenvalue weighted by Gasteiger charge is 2.90. The second-order valence-corrected chi connectivity index (χ2v) is 17.7. The minimum Gasteiger partial charge on any atom is -0.462 e. The molecule has 3 saturated carbocycles. The Kier molecular flexibility index (Phi) is 8.98. The van der Waals surface area contributed by atoms with Crippen LogP contribution in [-0.2, 0) is 28.4 Å². The van der Waals surface area contributed by atoms with E-state index in [4.69, 9.17) is 28.4 Å². The smallest absolute Gasteiger partial charge is 0.338 e. The Morgan fingerprint density at radius 2 is 1.55 bits per heavy atom. The van der Waals surface area contributed by atoms with Crippen LogP contribution in [0.15, 0.2) is 72.8 Å². The van der Waals surface area contributed by atoms with Gasteiger partial charge < -0.3 is 43.7 Å². The van der Waals surface area contributed by atoms with E-state index in [1.54, 1.807) is 48.5 Å². The van der Waals surface area contributed by atoms with Gasteiger partial charge in [-0.15, -0.1) is 0 Å². The van der Waals surface area contributed by atoms with E-state index in [0.717, 1.165) is 38.5 Å². The number of aliphatic hydroxyl groups excluding tert-OH is 2. The summed E-state index contributed by atoms with van der Waals surface area (Å²) >= 11 is 0. The molecule has 0 aromatic heterocycles. The van der Waals surface area contributed by atoms with E-state index in [0.29, 0.717) is 29.5 Å². The molecule has 4 aliphatic heterocycles. The van der Waals surface area contributed by atoms with Crippen LogP contribution >= 0.6 is 0 Å². The average molecular weight is 759 g/mol. The summed E-state index contributed by atoms with van der Waals surface area (Å²) in [5.74, 6) is -5.73. The Balaban J connectivity index is 1.27. The first-order chi connectivity index (χ1) is 26.4. The molecule has 3 aliphatic carbocycles. The summed E-state index contributed by atoms with van der Waals surface area (Å²) < 4.78 is 40.9. The minimum atomic E-state index is -2.18. The predicted octanol–water partition coefficient (Wildman–Crippen LogP) is 5.36. The summed E-state index contributed by atoms with van der Waals surface area (Å²) in [6.45, 7) is 9.79. The molecular weight excluding hydrogens is 704 g/mol. The van der Waals surface area contributed by atoms with Gasteiger partial charge in [-0.05, 0) is 67.4 Å². The van der Waals surface area contributed by atoms with Crippen molar-refractivity contribution in [1.82, 2.24) is 0 Å².